The van der Waals surface area contributed by atoms with Crippen LogP contribution >= 0.6 is 27.3 Å². The van der Waals surface area contributed by atoms with Gasteiger partial charge in [0.2, 0.25) is 0 Å². The standard InChI is InChI=1S/C13H18BrN3O2S/c1-16(2)5-6-17-11(9(14)8-15-17)12(18)13-10(19-3)4-7-20-13/h4,7-8,12,18H,5-6H2,1-3H3. The van der Waals surface area contributed by atoms with E-state index in [1.165, 1.54) is 11.3 Å². The molecule has 0 saturated carbocycles. The fourth-order valence-electron chi connectivity index (χ4n) is 1.92. The van der Waals surface area contributed by atoms with E-state index in [-0.39, 0.29) is 0 Å². The molecule has 0 saturated heterocycles. The maximum atomic E-state index is 10.6. The number of hydrogen-bond acceptors (Lipinski definition) is 5. The number of hydrogen-bond donors (Lipinski definition) is 1. The Bertz CT molecular complexity index is 568. The van der Waals surface area contributed by atoms with Crippen molar-refractivity contribution < 1.29 is 9.84 Å². The molecule has 0 amide bonds. The highest BCUT2D eigenvalue weighted by molar-refractivity contribution is 9.10. The number of ether oxygens (including phenoxy) is 1. The SMILES string of the molecule is COc1ccsc1C(O)c1c(Br)cnn1CCN(C)C. The highest BCUT2D eigenvalue weighted by Gasteiger charge is 2.23. The van der Waals surface area contributed by atoms with E-state index in [4.69, 9.17) is 4.74 Å². The van der Waals surface area contributed by atoms with E-state index in [1.807, 2.05) is 30.2 Å². The summed E-state index contributed by atoms with van der Waals surface area (Å²) < 4.78 is 7.91. The van der Waals surface area contributed by atoms with E-state index < -0.39 is 6.10 Å². The average molecular weight is 360 g/mol. The number of halogens is 1. The molecule has 7 heteroatoms. The minimum absolute atomic E-state index is 0.703. The van der Waals surface area contributed by atoms with Crippen LogP contribution in [0.2, 0.25) is 0 Å². The molecule has 2 rings (SSSR count). The maximum Gasteiger partial charge on any atom is 0.135 e. The zero-order valence-electron chi connectivity index (χ0n) is 11.7. The lowest BCUT2D eigenvalue weighted by Gasteiger charge is -2.16. The van der Waals surface area contributed by atoms with Crippen molar-refractivity contribution in [3.05, 3.63) is 32.7 Å². The molecule has 0 bridgehead atoms. The smallest absolute Gasteiger partial charge is 0.135 e. The Kier molecular flexibility index (Phi) is 5.20. The van der Waals surface area contributed by atoms with E-state index >= 15 is 0 Å². The Balaban J connectivity index is 2.29. The third-order valence-corrected chi connectivity index (χ3v) is 4.54. The van der Waals surface area contributed by atoms with Crippen LogP contribution in [-0.2, 0) is 6.54 Å². The predicted octanol–water partition coefficient (Wildman–Crippen LogP) is 2.36. The van der Waals surface area contributed by atoms with Gasteiger partial charge < -0.3 is 14.7 Å². The van der Waals surface area contributed by atoms with Crippen LogP contribution in [0.4, 0.5) is 0 Å². The Morgan fingerprint density at radius 2 is 2.30 bits per heavy atom. The highest BCUT2D eigenvalue weighted by atomic mass is 79.9. The van der Waals surface area contributed by atoms with E-state index in [0.717, 1.165) is 28.1 Å². The van der Waals surface area contributed by atoms with Crippen LogP contribution in [0.1, 0.15) is 16.7 Å². The molecule has 0 aliphatic rings. The Hall–Kier alpha value is -0.890. The summed E-state index contributed by atoms with van der Waals surface area (Å²) >= 11 is 4.94. The van der Waals surface area contributed by atoms with Gasteiger partial charge in [0.15, 0.2) is 0 Å². The number of aliphatic hydroxyl groups excluding tert-OH is 1. The molecule has 2 aromatic rings. The summed E-state index contributed by atoms with van der Waals surface area (Å²) in [6.07, 6.45) is 0.970. The van der Waals surface area contributed by atoms with Crippen molar-refractivity contribution in [3.63, 3.8) is 0 Å². The number of nitrogens with zero attached hydrogens (tertiary/aromatic N) is 3. The molecule has 5 nitrogen and oxygen atoms in total. The number of aliphatic hydroxyl groups is 1. The summed E-state index contributed by atoms with van der Waals surface area (Å²) in [5, 5.41) is 16.9. The first-order valence-electron chi connectivity index (χ1n) is 6.20. The quantitative estimate of drug-likeness (QED) is 0.859. The normalized spacial score (nSPS) is 12.9. The van der Waals surface area contributed by atoms with Crippen LogP contribution in [0, 0.1) is 0 Å². The molecule has 0 aliphatic heterocycles. The molecule has 0 fully saturated rings. The van der Waals surface area contributed by atoms with Gasteiger partial charge in [-0.15, -0.1) is 11.3 Å². The minimum Gasteiger partial charge on any atom is -0.495 e. The summed E-state index contributed by atoms with van der Waals surface area (Å²) in [6.45, 7) is 1.58. The zero-order valence-corrected chi connectivity index (χ0v) is 14.1. The Labute approximate surface area is 130 Å². The van der Waals surface area contributed by atoms with Gasteiger partial charge in [-0.25, -0.2) is 0 Å². The van der Waals surface area contributed by atoms with Crippen molar-refractivity contribution in [2.24, 2.45) is 0 Å². The Morgan fingerprint density at radius 3 is 2.95 bits per heavy atom. The molecule has 0 aliphatic carbocycles. The summed E-state index contributed by atoms with van der Waals surface area (Å²) in [7, 11) is 5.63. The molecular formula is C13H18BrN3O2S. The van der Waals surface area contributed by atoms with Gasteiger partial charge in [-0.05, 0) is 41.5 Å². The van der Waals surface area contributed by atoms with Gasteiger partial charge in [0.1, 0.15) is 11.9 Å². The second kappa shape index (κ2) is 6.71. The topological polar surface area (TPSA) is 50.5 Å². The van der Waals surface area contributed by atoms with Gasteiger partial charge in [0.25, 0.3) is 0 Å². The molecule has 20 heavy (non-hydrogen) atoms. The molecule has 0 radical (unpaired) electrons. The van der Waals surface area contributed by atoms with Gasteiger partial charge in [0, 0.05) is 6.54 Å². The maximum absolute atomic E-state index is 10.6. The lowest BCUT2D eigenvalue weighted by Crippen LogP contribution is -2.21. The third-order valence-electron chi connectivity index (χ3n) is 2.98. The second-order valence-electron chi connectivity index (χ2n) is 4.66. The third kappa shape index (κ3) is 3.22. The highest BCUT2D eigenvalue weighted by Crippen LogP contribution is 2.37. The molecule has 1 atom stereocenters. The van der Waals surface area contributed by atoms with Gasteiger partial charge in [-0.1, -0.05) is 0 Å². The van der Waals surface area contributed by atoms with Crippen LogP contribution in [0.15, 0.2) is 22.1 Å². The first-order valence-corrected chi connectivity index (χ1v) is 7.87. The van der Waals surface area contributed by atoms with Crippen molar-refractivity contribution in [2.75, 3.05) is 27.7 Å². The van der Waals surface area contributed by atoms with Crippen LogP contribution in [-0.4, -0.2) is 47.5 Å². The van der Waals surface area contributed by atoms with Crippen LogP contribution in [0.5, 0.6) is 5.75 Å². The lowest BCUT2D eigenvalue weighted by atomic mass is 10.2. The Morgan fingerprint density at radius 1 is 1.55 bits per heavy atom. The fraction of sp³-hybridized carbons (Fsp3) is 0.462. The van der Waals surface area contributed by atoms with Crippen molar-refractivity contribution in [3.8, 4) is 5.75 Å². The van der Waals surface area contributed by atoms with E-state index in [1.54, 1.807) is 13.3 Å². The first-order chi connectivity index (χ1) is 9.54. The molecular weight excluding hydrogens is 342 g/mol. The van der Waals surface area contributed by atoms with Gasteiger partial charge in [-0.3, -0.25) is 4.68 Å². The molecule has 1 unspecified atom stereocenters. The second-order valence-corrected chi connectivity index (χ2v) is 6.46. The predicted molar refractivity (Wildman–Crippen MR) is 83.4 cm³/mol. The zero-order chi connectivity index (χ0) is 14.7. The summed E-state index contributed by atoms with van der Waals surface area (Å²) in [6, 6.07) is 1.86. The average Bonchev–Trinajstić information content (AvgIpc) is 3.01. The van der Waals surface area contributed by atoms with Crippen molar-refractivity contribution in [1.29, 1.82) is 0 Å². The number of methoxy groups -OCH3 is 1. The number of rotatable bonds is 6. The van der Waals surface area contributed by atoms with Crippen molar-refractivity contribution >= 4 is 27.3 Å². The number of thiophene rings is 1. The summed E-state index contributed by atoms with van der Waals surface area (Å²) in [5.41, 5.74) is 0.757. The lowest BCUT2D eigenvalue weighted by molar-refractivity contribution is 0.204. The largest absolute Gasteiger partial charge is 0.495 e. The van der Waals surface area contributed by atoms with Crippen LogP contribution in [0.3, 0.4) is 0 Å². The summed E-state index contributed by atoms with van der Waals surface area (Å²) in [4.78, 5) is 2.87. The van der Waals surface area contributed by atoms with Crippen LogP contribution in [0.25, 0.3) is 0 Å². The molecule has 1 N–H and O–H groups in total. The monoisotopic (exact) mass is 359 g/mol. The van der Waals surface area contributed by atoms with E-state index in [0.29, 0.717) is 5.75 Å². The number of aromatic nitrogens is 2. The van der Waals surface area contributed by atoms with Gasteiger partial charge >= 0.3 is 0 Å². The van der Waals surface area contributed by atoms with Gasteiger partial charge in [-0.2, -0.15) is 5.10 Å². The van der Waals surface area contributed by atoms with Crippen LogP contribution < -0.4 is 4.74 Å². The molecule has 2 heterocycles. The van der Waals surface area contributed by atoms with E-state index in [9.17, 15) is 5.11 Å². The molecule has 0 aromatic carbocycles. The van der Waals surface area contributed by atoms with Crippen molar-refractivity contribution in [1.82, 2.24) is 14.7 Å². The minimum atomic E-state index is -0.746. The van der Waals surface area contributed by atoms with Gasteiger partial charge in [0.05, 0.1) is 34.9 Å². The molecule has 0 spiro atoms. The summed E-state index contributed by atoms with van der Waals surface area (Å²) in [5.74, 6) is 0.703. The fourth-order valence-corrected chi connectivity index (χ4v) is 3.28. The first kappa shape index (κ1) is 15.5. The van der Waals surface area contributed by atoms with E-state index in [2.05, 4.69) is 25.9 Å². The molecule has 110 valence electrons. The molecule has 2 aromatic heterocycles. The number of likely N-dealkylation sites (N-methyl/N-ethyl adjacent to an activating group) is 1. The van der Waals surface area contributed by atoms with Crippen molar-refractivity contribution in [2.45, 2.75) is 12.6 Å².